The van der Waals surface area contributed by atoms with Gasteiger partial charge in [-0.1, -0.05) is 43.6 Å². The molecule has 0 saturated heterocycles. The van der Waals surface area contributed by atoms with Crippen LogP contribution in [-0.2, 0) is 10.0 Å². The van der Waals surface area contributed by atoms with Gasteiger partial charge in [-0.25, -0.2) is 8.42 Å². The summed E-state index contributed by atoms with van der Waals surface area (Å²) < 4.78 is 66.0. The summed E-state index contributed by atoms with van der Waals surface area (Å²) in [6.45, 7) is 3.60. The monoisotopic (exact) mass is 409 g/mol. The molecule has 0 aliphatic carbocycles. The first kappa shape index (κ1) is 19.9. The summed E-state index contributed by atoms with van der Waals surface area (Å²) in [5.74, 6) is 0. The van der Waals surface area contributed by atoms with Gasteiger partial charge in [0.1, 0.15) is 0 Å². The van der Waals surface area contributed by atoms with Crippen molar-refractivity contribution in [1.29, 1.82) is 0 Å². The maximum atomic E-state index is 13.7. The number of alkyl halides is 3. The zero-order valence-electron chi connectivity index (χ0n) is 13.3. The van der Waals surface area contributed by atoms with Crippen LogP contribution in [0.3, 0.4) is 0 Å². The zero-order chi connectivity index (χ0) is 18.8. The Morgan fingerprint density at radius 2 is 1.68 bits per heavy atom. The Balaban J connectivity index is 2.71. The molecule has 0 N–H and O–H groups in total. The molecule has 2 rings (SSSR count). The molecule has 0 aliphatic heterocycles. The van der Waals surface area contributed by atoms with Crippen molar-refractivity contribution in [2.24, 2.45) is 0 Å². The van der Waals surface area contributed by atoms with Crippen molar-refractivity contribution in [3.63, 3.8) is 0 Å². The van der Waals surface area contributed by atoms with Crippen molar-refractivity contribution in [1.82, 2.24) is 0 Å². The molecule has 0 heterocycles. The minimum atomic E-state index is -5.15. The Hall–Kier alpha value is -1.38. The lowest BCUT2D eigenvalue weighted by Gasteiger charge is -2.28. The lowest BCUT2D eigenvalue weighted by Crippen LogP contribution is -2.43. The maximum absolute atomic E-state index is 13.7. The molecule has 0 aromatic heterocycles. The van der Waals surface area contributed by atoms with Crippen LogP contribution in [0.25, 0.3) is 0 Å². The second-order valence-electron chi connectivity index (χ2n) is 5.33. The minimum Gasteiger partial charge on any atom is -0.201 e. The summed E-state index contributed by atoms with van der Waals surface area (Å²) in [5, 5.41) is -0.0324. The third-order valence-corrected chi connectivity index (χ3v) is 6.07. The number of rotatable bonds is 5. The van der Waals surface area contributed by atoms with Gasteiger partial charge in [0.05, 0.1) is 10.6 Å². The van der Waals surface area contributed by atoms with E-state index < -0.39 is 31.2 Å². The Morgan fingerprint density at radius 1 is 1.08 bits per heavy atom. The second-order valence-corrected chi connectivity index (χ2v) is 9.17. The number of hydrogen-bond donors (Lipinski definition) is 0. The fourth-order valence-corrected chi connectivity index (χ4v) is 4.65. The van der Waals surface area contributed by atoms with Crippen LogP contribution in [0.1, 0.15) is 13.8 Å². The van der Waals surface area contributed by atoms with Crippen LogP contribution < -0.4 is 4.31 Å². The highest BCUT2D eigenvalue weighted by molar-refractivity contribution is 8.00. The van der Waals surface area contributed by atoms with E-state index in [1.54, 1.807) is 13.8 Å². The van der Waals surface area contributed by atoms with E-state index in [1.807, 2.05) is 0 Å². The maximum Gasteiger partial charge on any atom is 0.498 e. The highest BCUT2D eigenvalue weighted by atomic mass is 35.5. The third-order valence-electron chi connectivity index (χ3n) is 3.01. The molecule has 0 bridgehead atoms. The first-order valence-corrected chi connectivity index (χ1v) is 9.86. The topological polar surface area (TPSA) is 37.4 Å². The van der Waals surface area contributed by atoms with Gasteiger partial charge in [0.25, 0.3) is 10.0 Å². The molecular weight excluding hydrogens is 395 g/mol. The molecule has 2 aromatic carbocycles. The Bertz CT molecular complexity index is 840. The van der Waals surface area contributed by atoms with Gasteiger partial charge < -0.3 is 0 Å². The standard InChI is InChI=1S/C16H15ClF3NO2S2/c1-11(2)24-15-9-8-12(17)10-14(15)21(16(18,19)20)25(22,23)13-6-4-3-5-7-13/h3-11H,1-2H3. The van der Waals surface area contributed by atoms with Crippen molar-refractivity contribution < 1.29 is 21.6 Å². The molecule has 0 amide bonds. The molecule has 0 fully saturated rings. The van der Waals surface area contributed by atoms with Gasteiger partial charge in [0.15, 0.2) is 0 Å². The Labute approximate surface area is 153 Å². The summed E-state index contributed by atoms with van der Waals surface area (Å²) in [4.78, 5) is -0.274. The highest BCUT2D eigenvalue weighted by Crippen LogP contribution is 2.42. The molecule has 0 aliphatic rings. The third kappa shape index (κ3) is 4.62. The fraction of sp³-hybridized carbons (Fsp3) is 0.250. The van der Waals surface area contributed by atoms with Crippen LogP contribution in [-0.4, -0.2) is 20.0 Å². The number of benzene rings is 2. The molecule has 0 spiro atoms. The normalized spacial score (nSPS) is 12.4. The average molecular weight is 410 g/mol. The summed E-state index contributed by atoms with van der Waals surface area (Å²) in [5.41, 5.74) is -0.512. The van der Waals surface area contributed by atoms with Gasteiger partial charge in [0.2, 0.25) is 0 Å². The number of nitrogens with zero attached hydrogens (tertiary/aromatic N) is 1. The van der Waals surface area contributed by atoms with E-state index in [2.05, 4.69) is 0 Å². The molecule has 136 valence electrons. The Morgan fingerprint density at radius 3 is 2.20 bits per heavy atom. The van der Waals surface area contributed by atoms with E-state index in [4.69, 9.17) is 11.6 Å². The Kier molecular flexibility index (Phi) is 5.96. The van der Waals surface area contributed by atoms with Crippen molar-refractivity contribution in [3.05, 3.63) is 53.6 Å². The fourth-order valence-electron chi connectivity index (χ4n) is 2.10. The van der Waals surface area contributed by atoms with E-state index >= 15 is 0 Å². The summed E-state index contributed by atoms with van der Waals surface area (Å²) >= 11 is 6.97. The number of thioether (sulfide) groups is 1. The van der Waals surface area contributed by atoms with Gasteiger partial charge in [-0.2, -0.15) is 4.31 Å². The van der Waals surface area contributed by atoms with Crippen molar-refractivity contribution >= 4 is 39.1 Å². The number of hydrogen-bond acceptors (Lipinski definition) is 3. The average Bonchev–Trinajstić information content (AvgIpc) is 2.49. The molecule has 9 heteroatoms. The summed E-state index contributed by atoms with van der Waals surface area (Å²) in [6, 6.07) is 10.3. The minimum absolute atomic E-state index is 0.0145. The van der Waals surface area contributed by atoms with Crippen LogP contribution in [0.15, 0.2) is 58.3 Å². The number of sulfonamides is 1. The van der Waals surface area contributed by atoms with Crippen LogP contribution in [0.2, 0.25) is 5.02 Å². The molecule has 0 atom stereocenters. The van der Waals surface area contributed by atoms with Crippen LogP contribution >= 0.6 is 23.4 Å². The second kappa shape index (κ2) is 7.47. The lowest BCUT2D eigenvalue weighted by molar-refractivity contribution is -0.116. The highest BCUT2D eigenvalue weighted by Gasteiger charge is 2.47. The van der Waals surface area contributed by atoms with E-state index in [1.165, 1.54) is 30.3 Å². The predicted molar refractivity (Wildman–Crippen MR) is 94.6 cm³/mol. The van der Waals surface area contributed by atoms with Crippen molar-refractivity contribution in [3.8, 4) is 0 Å². The number of anilines is 1. The van der Waals surface area contributed by atoms with Crippen LogP contribution in [0.4, 0.5) is 18.9 Å². The van der Waals surface area contributed by atoms with Crippen molar-refractivity contribution in [2.45, 2.75) is 35.2 Å². The molecule has 3 nitrogen and oxygen atoms in total. The van der Waals surface area contributed by atoms with Gasteiger partial charge in [-0.15, -0.1) is 24.9 Å². The van der Waals surface area contributed by atoms with E-state index in [0.29, 0.717) is 0 Å². The summed E-state index contributed by atoms with van der Waals surface area (Å²) in [6.07, 6.45) is -5.15. The quantitative estimate of drug-likeness (QED) is 0.479. The van der Waals surface area contributed by atoms with Crippen LogP contribution in [0.5, 0.6) is 0 Å². The zero-order valence-corrected chi connectivity index (χ0v) is 15.7. The molecule has 25 heavy (non-hydrogen) atoms. The number of halogens is 4. The smallest absolute Gasteiger partial charge is 0.201 e. The van der Waals surface area contributed by atoms with E-state index in [0.717, 1.165) is 30.0 Å². The van der Waals surface area contributed by atoms with E-state index in [-0.39, 0.29) is 15.2 Å². The predicted octanol–water partition coefficient (Wildman–Crippen LogP) is 5.56. The van der Waals surface area contributed by atoms with Gasteiger partial charge in [0, 0.05) is 15.2 Å². The van der Waals surface area contributed by atoms with Crippen molar-refractivity contribution in [2.75, 3.05) is 4.31 Å². The first-order valence-electron chi connectivity index (χ1n) is 7.17. The molecule has 2 aromatic rings. The SMILES string of the molecule is CC(C)Sc1ccc(Cl)cc1N(C(F)(F)F)S(=O)(=O)c1ccccc1. The summed E-state index contributed by atoms with van der Waals surface area (Å²) in [7, 11) is -4.85. The van der Waals surface area contributed by atoms with Crippen LogP contribution in [0, 0.1) is 0 Å². The molecular formula is C16H15ClF3NO2S2. The lowest BCUT2D eigenvalue weighted by atomic mass is 10.3. The first-order chi connectivity index (χ1) is 11.5. The molecule has 0 unspecified atom stereocenters. The van der Waals surface area contributed by atoms with Gasteiger partial charge >= 0.3 is 6.30 Å². The van der Waals surface area contributed by atoms with Gasteiger partial charge in [-0.05, 0) is 30.3 Å². The largest absolute Gasteiger partial charge is 0.498 e. The molecule has 0 radical (unpaired) electrons. The molecule has 0 saturated carbocycles. The van der Waals surface area contributed by atoms with Gasteiger partial charge in [-0.3, -0.25) is 0 Å². The van der Waals surface area contributed by atoms with E-state index in [9.17, 15) is 21.6 Å².